The maximum atomic E-state index is 11.3. The molecule has 1 N–H and O–H groups in total. The van der Waals surface area contributed by atoms with E-state index >= 15 is 0 Å². The maximum Gasteiger partial charge on any atom is 0.293 e. The van der Waals surface area contributed by atoms with E-state index in [2.05, 4.69) is 17.3 Å². The second-order valence-corrected chi connectivity index (χ2v) is 5.20. The summed E-state index contributed by atoms with van der Waals surface area (Å²) in [5, 5.41) is 14.2. The summed E-state index contributed by atoms with van der Waals surface area (Å²) in [5.74, 6) is -0.171. The first-order valence-electron chi connectivity index (χ1n) is 6.72. The normalized spacial score (nSPS) is 19.0. The van der Waals surface area contributed by atoms with Gasteiger partial charge < -0.3 is 10.2 Å². The zero-order chi connectivity index (χ0) is 14.7. The first-order chi connectivity index (χ1) is 9.49. The van der Waals surface area contributed by atoms with E-state index in [1.165, 1.54) is 13.0 Å². The SMILES string of the molecule is CC(=O)c1ccc(NC[C@@H]2CCCN2C)c([N+](=O)[O-])c1. The van der Waals surface area contributed by atoms with Gasteiger partial charge in [0.1, 0.15) is 5.69 Å². The van der Waals surface area contributed by atoms with Gasteiger partial charge in [-0.15, -0.1) is 0 Å². The van der Waals surface area contributed by atoms with Gasteiger partial charge in [0.05, 0.1) is 4.92 Å². The number of hydrogen-bond acceptors (Lipinski definition) is 5. The van der Waals surface area contributed by atoms with Gasteiger partial charge in [-0.1, -0.05) is 0 Å². The van der Waals surface area contributed by atoms with Gasteiger partial charge in [0.15, 0.2) is 5.78 Å². The molecule has 0 unspecified atom stereocenters. The molecule has 0 radical (unpaired) electrons. The molecule has 6 heteroatoms. The third-order valence-corrected chi connectivity index (χ3v) is 3.80. The monoisotopic (exact) mass is 277 g/mol. The fourth-order valence-corrected chi connectivity index (χ4v) is 2.52. The molecular weight excluding hydrogens is 258 g/mol. The lowest BCUT2D eigenvalue weighted by atomic mass is 10.1. The van der Waals surface area contributed by atoms with Crippen LogP contribution in [0.3, 0.4) is 0 Å². The van der Waals surface area contributed by atoms with E-state index in [-0.39, 0.29) is 11.5 Å². The van der Waals surface area contributed by atoms with Crippen LogP contribution < -0.4 is 5.32 Å². The van der Waals surface area contributed by atoms with Gasteiger partial charge in [0, 0.05) is 24.2 Å². The number of nitro benzene ring substituents is 1. The van der Waals surface area contributed by atoms with Crippen LogP contribution in [0.2, 0.25) is 0 Å². The Balaban J connectivity index is 2.14. The van der Waals surface area contributed by atoms with Crippen LogP contribution in [0.1, 0.15) is 30.1 Å². The number of carbonyl (C=O) groups is 1. The Morgan fingerprint density at radius 2 is 2.30 bits per heavy atom. The Kier molecular flexibility index (Phi) is 4.34. The first kappa shape index (κ1) is 14.5. The minimum atomic E-state index is -0.451. The van der Waals surface area contributed by atoms with Crippen LogP contribution >= 0.6 is 0 Å². The molecule has 2 rings (SSSR count). The molecule has 1 heterocycles. The molecule has 0 aromatic heterocycles. The summed E-state index contributed by atoms with van der Waals surface area (Å²) in [6.45, 7) is 3.15. The minimum absolute atomic E-state index is 0.0432. The van der Waals surface area contributed by atoms with Crippen molar-refractivity contribution in [3.63, 3.8) is 0 Å². The predicted molar refractivity (Wildman–Crippen MR) is 77.2 cm³/mol. The van der Waals surface area contributed by atoms with Crippen molar-refractivity contribution in [3.05, 3.63) is 33.9 Å². The van der Waals surface area contributed by atoms with Crippen LogP contribution in [0.15, 0.2) is 18.2 Å². The fourth-order valence-electron chi connectivity index (χ4n) is 2.52. The molecule has 1 aromatic rings. The number of nitro groups is 1. The van der Waals surface area contributed by atoms with Gasteiger partial charge >= 0.3 is 0 Å². The van der Waals surface area contributed by atoms with Crippen LogP contribution in [-0.4, -0.2) is 41.8 Å². The summed E-state index contributed by atoms with van der Waals surface area (Å²) in [6.07, 6.45) is 2.26. The van der Waals surface area contributed by atoms with Gasteiger partial charge in [0.25, 0.3) is 5.69 Å². The Labute approximate surface area is 117 Å². The minimum Gasteiger partial charge on any atom is -0.378 e. The smallest absolute Gasteiger partial charge is 0.293 e. The lowest BCUT2D eigenvalue weighted by Gasteiger charge is -2.20. The second kappa shape index (κ2) is 6.00. The summed E-state index contributed by atoms with van der Waals surface area (Å²) in [4.78, 5) is 24.2. The number of carbonyl (C=O) groups excluding carboxylic acids is 1. The van der Waals surface area contributed by atoms with Crippen LogP contribution in [0.25, 0.3) is 0 Å². The third-order valence-electron chi connectivity index (χ3n) is 3.80. The van der Waals surface area contributed by atoms with Crippen molar-refractivity contribution in [2.24, 2.45) is 0 Å². The van der Waals surface area contributed by atoms with E-state index in [1.54, 1.807) is 12.1 Å². The van der Waals surface area contributed by atoms with Crippen molar-refractivity contribution in [1.29, 1.82) is 0 Å². The molecule has 6 nitrogen and oxygen atoms in total. The average Bonchev–Trinajstić information content (AvgIpc) is 2.81. The number of hydrogen-bond donors (Lipinski definition) is 1. The van der Waals surface area contributed by atoms with Crippen LogP contribution in [0, 0.1) is 10.1 Å². The molecule has 0 amide bonds. The van der Waals surface area contributed by atoms with E-state index in [9.17, 15) is 14.9 Å². The number of Topliss-reactive ketones (excluding diaryl/α,β-unsaturated/α-hetero) is 1. The lowest BCUT2D eigenvalue weighted by Crippen LogP contribution is -2.31. The highest BCUT2D eigenvalue weighted by atomic mass is 16.6. The zero-order valence-corrected chi connectivity index (χ0v) is 11.8. The maximum absolute atomic E-state index is 11.3. The molecular formula is C14H19N3O3. The Hall–Kier alpha value is -1.95. The quantitative estimate of drug-likeness (QED) is 0.508. The van der Waals surface area contributed by atoms with Gasteiger partial charge in [-0.2, -0.15) is 0 Å². The van der Waals surface area contributed by atoms with Gasteiger partial charge in [-0.25, -0.2) is 0 Å². The van der Waals surface area contributed by atoms with Gasteiger partial charge in [-0.3, -0.25) is 14.9 Å². The van der Waals surface area contributed by atoms with Crippen molar-refractivity contribution in [2.45, 2.75) is 25.8 Å². The molecule has 108 valence electrons. The highest BCUT2D eigenvalue weighted by molar-refractivity contribution is 5.95. The van der Waals surface area contributed by atoms with Crippen molar-refractivity contribution in [1.82, 2.24) is 4.90 Å². The topological polar surface area (TPSA) is 75.5 Å². The largest absolute Gasteiger partial charge is 0.378 e. The van der Waals surface area contributed by atoms with Crippen molar-refractivity contribution in [2.75, 3.05) is 25.5 Å². The Bertz CT molecular complexity index is 530. The average molecular weight is 277 g/mol. The number of likely N-dealkylation sites (tertiary alicyclic amines) is 1. The number of rotatable bonds is 5. The highest BCUT2D eigenvalue weighted by Gasteiger charge is 2.22. The van der Waals surface area contributed by atoms with Crippen molar-refractivity contribution < 1.29 is 9.72 Å². The van der Waals surface area contributed by atoms with Gasteiger partial charge in [-0.05, 0) is 45.5 Å². The summed E-state index contributed by atoms with van der Waals surface area (Å²) >= 11 is 0. The molecule has 20 heavy (non-hydrogen) atoms. The Morgan fingerprint density at radius 3 is 2.85 bits per heavy atom. The lowest BCUT2D eigenvalue weighted by molar-refractivity contribution is -0.384. The Morgan fingerprint density at radius 1 is 1.55 bits per heavy atom. The molecule has 1 aliphatic heterocycles. The van der Waals surface area contributed by atoms with E-state index < -0.39 is 4.92 Å². The van der Waals surface area contributed by atoms with Crippen LogP contribution in [-0.2, 0) is 0 Å². The molecule has 0 spiro atoms. The highest BCUT2D eigenvalue weighted by Crippen LogP contribution is 2.26. The van der Waals surface area contributed by atoms with Crippen molar-refractivity contribution >= 4 is 17.2 Å². The summed E-state index contributed by atoms with van der Waals surface area (Å²) in [7, 11) is 2.06. The summed E-state index contributed by atoms with van der Waals surface area (Å²) < 4.78 is 0. The van der Waals surface area contributed by atoms with E-state index in [0.29, 0.717) is 23.8 Å². The molecule has 1 aliphatic rings. The molecule has 0 bridgehead atoms. The first-order valence-corrected chi connectivity index (χ1v) is 6.72. The molecule has 0 saturated carbocycles. The molecule has 1 saturated heterocycles. The van der Waals surface area contributed by atoms with Crippen molar-refractivity contribution in [3.8, 4) is 0 Å². The molecule has 0 aliphatic carbocycles. The summed E-state index contributed by atoms with van der Waals surface area (Å²) in [5.41, 5.74) is 0.791. The van der Waals surface area contributed by atoms with Crippen LogP contribution in [0.5, 0.6) is 0 Å². The number of nitrogens with one attached hydrogen (secondary N) is 1. The predicted octanol–water partition coefficient (Wildman–Crippen LogP) is 2.30. The number of likely N-dealkylation sites (N-methyl/N-ethyl adjacent to an activating group) is 1. The number of benzene rings is 1. The standard InChI is InChI=1S/C14H19N3O3/c1-10(18)11-5-6-13(14(8-11)17(19)20)15-9-12-4-3-7-16(12)2/h5-6,8,12,15H,3-4,7,9H2,1-2H3/t12-/m0/s1. The number of ketones is 1. The van der Waals surface area contributed by atoms with E-state index in [1.807, 2.05) is 0 Å². The molecule has 1 atom stereocenters. The summed E-state index contributed by atoms with van der Waals surface area (Å²) in [6, 6.07) is 4.98. The molecule has 1 aromatic carbocycles. The number of anilines is 1. The third kappa shape index (κ3) is 3.14. The van der Waals surface area contributed by atoms with E-state index in [4.69, 9.17) is 0 Å². The zero-order valence-electron chi connectivity index (χ0n) is 11.8. The van der Waals surface area contributed by atoms with E-state index in [0.717, 1.165) is 19.4 Å². The number of nitrogens with zero attached hydrogens (tertiary/aromatic N) is 2. The molecule has 1 fully saturated rings. The fraction of sp³-hybridized carbons (Fsp3) is 0.500. The van der Waals surface area contributed by atoms with Gasteiger partial charge in [0.2, 0.25) is 0 Å². The van der Waals surface area contributed by atoms with Crippen LogP contribution in [0.4, 0.5) is 11.4 Å². The second-order valence-electron chi connectivity index (χ2n) is 5.20.